The fourth-order valence-electron chi connectivity index (χ4n) is 3.36. The Hall–Kier alpha value is -2.99. The lowest BCUT2D eigenvalue weighted by Crippen LogP contribution is -2.35. The number of aliphatic hydroxyl groups excluding tert-OH is 1. The van der Waals surface area contributed by atoms with Gasteiger partial charge >= 0.3 is 0 Å². The average molecular weight is 379 g/mol. The molecule has 28 heavy (non-hydrogen) atoms. The van der Waals surface area contributed by atoms with Crippen molar-refractivity contribution in [3.63, 3.8) is 0 Å². The lowest BCUT2D eigenvalue weighted by molar-refractivity contribution is -0.140. The molecule has 1 aliphatic heterocycles. The van der Waals surface area contributed by atoms with Crippen LogP contribution in [0.5, 0.6) is 0 Å². The highest BCUT2D eigenvalue weighted by Gasteiger charge is 2.45. The fraction of sp³-hybridized carbons (Fsp3) is 0.318. The molecule has 1 unspecified atom stereocenters. The zero-order valence-corrected chi connectivity index (χ0v) is 16.4. The molecule has 1 fully saturated rings. The SMILES string of the molecule is CCc1ccc(/C(O)=C2/C(=O)C(=O)N(CCN(C)C)C2c2ccncc2)cc1. The van der Waals surface area contributed by atoms with Crippen LogP contribution in [0.15, 0.2) is 54.4 Å². The van der Waals surface area contributed by atoms with Crippen LogP contribution >= 0.6 is 0 Å². The molecule has 0 saturated carbocycles. The summed E-state index contributed by atoms with van der Waals surface area (Å²) in [6.45, 7) is 3.05. The molecule has 6 heteroatoms. The second-order valence-corrected chi connectivity index (χ2v) is 7.13. The molecular formula is C22H25N3O3. The number of amides is 1. The van der Waals surface area contributed by atoms with E-state index in [0.717, 1.165) is 17.5 Å². The molecule has 1 aromatic carbocycles. The standard InChI is InChI=1S/C22H25N3O3/c1-4-15-5-7-17(8-6-15)20(26)18-19(16-9-11-23-12-10-16)25(14-13-24(2)3)22(28)21(18)27/h5-12,19,26H,4,13-14H2,1-3H3/b20-18-. The Morgan fingerprint density at radius 2 is 1.75 bits per heavy atom. The Morgan fingerprint density at radius 3 is 2.32 bits per heavy atom. The smallest absolute Gasteiger partial charge is 0.295 e. The van der Waals surface area contributed by atoms with Crippen molar-refractivity contribution in [2.24, 2.45) is 0 Å². The predicted octanol–water partition coefficient (Wildman–Crippen LogP) is 2.63. The number of aromatic nitrogens is 1. The van der Waals surface area contributed by atoms with Crippen LogP contribution in [0.4, 0.5) is 0 Å². The molecule has 1 aromatic heterocycles. The normalized spacial score (nSPS) is 18.9. The summed E-state index contributed by atoms with van der Waals surface area (Å²) in [5, 5.41) is 11.0. The minimum atomic E-state index is -0.655. The van der Waals surface area contributed by atoms with Gasteiger partial charge in [0.05, 0.1) is 11.6 Å². The van der Waals surface area contributed by atoms with Crippen molar-refractivity contribution in [3.8, 4) is 0 Å². The van der Waals surface area contributed by atoms with Crippen LogP contribution in [-0.4, -0.2) is 58.8 Å². The van der Waals surface area contributed by atoms with E-state index in [2.05, 4.69) is 11.9 Å². The molecule has 0 spiro atoms. The van der Waals surface area contributed by atoms with Crippen LogP contribution in [0, 0.1) is 0 Å². The Balaban J connectivity index is 2.10. The van der Waals surface area contributed by atoms with E-state index in [1.807, 2.05) is 31.1 Å². The van der Waals surface area contributed by atoms with E-state index < -0.39 is 17.7 Å². The first kappa shape index (κ1) is 19.8. The van der Waals surface area contributed by atoms with E-state index in [4.69, 9.17) is 0 Å². The fourth-order valence-corrected chi connectivity index (χ4v) is 3.36. The number of carbonyl (C=O) groups excluding carboxylic acids is 2. The molecule has 146 valence electrons. The van der Waals surface area contributed by atoms with E-state index >= 15 is 0 Å². The van der Waals surface area contributed by atoms with Gasteiger partial charge in [0.15, 0.2) is 0 Å². The number of nitrogens with zero attached hydrogens (tertiary/aromatic N) is 3. The van der Waals surface area contributed by atoms with Gasteiger partial charge in [-0.15, -0.1) is 0 Å². The second-order valence-electron chi connectivity index (χ2n) is 7.13. The summed E-state index contributed by atoms with van der Waals surface area (Å²) in [5.74, 6) is -1.39. The molecule has 2 heterocycles. The van der Waals surface area contributed by atoms with Gasteiger partial charge in [0.1, 0.15) is 5.76 Å². The van der Waals surface area contributed by atoms with Gasteiger partial charge in [-0.25, -0.2) is 0 Å². The maximum atomic E-state index is 12.8. The number of carbonyl (C=O) groups is 2. The van der Waals surface area contributed by atoms with Gasteiger partial charge in [-0.2, -0.15) is 0 Å². The lowest BCUT2D eigenvalue weighted by Gasteiger charge is -2.26. The summed E-state index contributed by atoms with van der Waals surface area (Å²) in [6.07, 6.45) is 4.13. The topological polar surface area (TPSA) is 73.7 Å². The predicted molar refractivity (Wildman–Crippen MR) is 108 cm³/mol. The van der Waals surface area contributed by atoms with Crippen LogP contribution in [0.25, 0.3) is 5.76 Å². The van der Waals surface area contributed by atoms with Crippen LogP contribution < -0.4 is 0 Å². The summed E-state index contributed by atoms with van der Waals surface area (Å²) < 4.78 is 0. The maximum Gasteiger partial charge on any atom is 0.295 e. The minimum Gasteiger partial charge on any atom is -0.507 e. The van der Waals surface area contributed by atoms with Gasteiger partial charge in [0.25, 0.3) is 11.7 Å². The molecule has 1 saturated heterocycles. The highest BCUT2D eigenvalue weighted by Crippen LogP contribution is 2.39. The Kier molecular flexibility index (Phi) is 5.90. The van der Waals surface area contributed by atoms with Gasteiger partial charge in [-0.05, 0) is 43.8 Å². The maximum absolute atomic E-state index is 12.8. The van der Waals surface area contributed by atoms with Crippen molar-refractivity contribution >= 4 is 17.4 Å². The Morgan fingerprint density at radius 1 is 1.11 bits per heavy atom. The molecule has 1 N–H and O–H groups in total. The molecule has 0 radical (unpaired) electrons. The molecule has 0 aliphatic carbocycles. The number of Topliss-reactive ketones (excluding diaryl/α,β-unsaturated/α-hetero) is 1. The first-order chi connectivity index (χ1) is 13.4. The lowest BCUT2D eigenvalue weighted by atomic mass is 9.95. The number of hydrogen-bond acceptors (Lipinski definition) is 5. The number of pyridine rings is 1. The molecule has 1 aliphatic rings. The third-order valence-corrected chi connectivity index (χ3v) is 4.99. The summed E-state index contributed by atoms with van der Waals surface area (Å²) in [4.78, 5) is 33.1. The van der Waals surface area contributed by atoms with Crippen molar-refractivity contribution in [1.82, 2.24) is 14.8 Å². The third kappa shape index (κ3) is 3.82. The van der Waals surface area contributed by atoms with Crippen LogP contribution in [0.1, 0.15) is 29.7 Å². The largest absolute Gasteiger partial charge is 0.507 e. The van der Waals surface area contributed by atoms with Gasteiger partial charge in [-0.3, -0.25) is 14.6 Å². The average Bonchev–Trinajstić information content (AvgIpc) is 2.97. The summed E-state index contributed by atoms with van der Waals surface area (Å²) in [6, 6.07) is 10.3. The number of ketones is 1. The van der Waals surface area contributed by atoms with E-state index in [0.29, 0.717) is 18.7 Å². The number of likely N-dealkylation sites (tertiary alicyclic amines) is 1. The van der Waals surface area contributed by atoms with Gasteiger partial charge in [0, 0.05) is 31.0 Å². The number of aryl methyl sites for hydroxylation is 1. The van der Waals surface area contributed by atoms with Crippen LogP contribution in [0.3, 0.4) is 0 Å². The Bertz CT molecular complexity index is 889. The monoisotopic (exact) mass is 379 g/mol. The first-order valence-electron chi connectivity index (χ1n) is 9.36. The van der Waals surface area contributed by atoms with Gasteiger partial charge < -0.3 is 14.9 Å². The van der Waals surface area contributed by atoms with Crippen molar-refractivity contribution in [2.45, 2.75) is 19.4 Å². The number of hydrogen-bond donors (Lipinski definition) is 1. The molecule has 1 amide bonds. The number of likely N-dealkylation sites (N-methyl/N-ethyl adjacent to an activating group) is 1. The van der Waals surface area contributed by atoms with Crippen LogP contribution in [-0.2, 0) is 16.0 Å². The van der Waals surface area contributed by atoms with Crippen molar-refractivity contribution in [3.05, 3.63) is 71.1 Å². The Labute approximate surface area is 165 Å². The molecule has 1 atom stereocenters. The summed E-state index contributed by atoms with van der Waals surface area (Å²) in [7, 11) is 3.82. The number of benzene rings is 1. The first-order valence-corrected chi connectivity index (χ1v) is 9.36. The van der Waals surface area contributed by atoms with E-state index in [1.165, 1.54) is 4.90 Å². The zero-order valence-electron chi connectivity index (χ0n) is 16.4. The third-order valence-electron chi connectivity index (χ3n) is 4.99. The van der Waals surface area contributed by atoms with E-state index in [9.17, 15) is 14.7 Å². The molecule has 3 rings (SSSR count). The summed E-state index contributed by atoms with van der Waals surface area (Å²) in [5.41, 5.74) is 2.54. The number of aliphatic hydroxyl groups is 1. The zero-order chi connectivity index (χ0) is 20.3. The van der Waals surface area contributed by atoms with Gasteiger partial charge in [-0.1, -0.05) is 31.2 Å². The summed E-state index contributed by atoms with van der Waals surface area (Å²) >= 11 is 0. The van der Waals surface area contributed by atoms with Crippen molar-refractivity contribution in [2.75, 3.05) is 27.2 Å². The van der Waals surface area contributed by atoms with Crippen molar-refractivity contribution in [1.29, 1.82) is 0 Å². The van der Waals surface area contributed by atoms with E-state index in [-0.39, 0.29) is 11.3 Å². The quantitative estimate of drug-likeness (QED) is 0.474. The van der Waals surface area contributed by atoms with Gasteiger partial charge in [0.2, 0.25) is 0 Å². The minimum absolute atomic E-state index is 0.124. The second kappa shape index (κ2) is 8.35. The molecular weight excluding hydrogens is 354 g/mol. The van der Waals surface area contributed by atoms with Crippen molar-refractivity contribution < 1.29 is 14.7 Å². The van der Waals surface area contributed by atoms with E-state index in [1.54, 1.807) is 36.7 Å². The molecule has 6 nitrogen and oxygen atoms in total. The molecule has 2 aromatic rings. The number of rotatable bonds is 6. The highest BCUT2D eigenvalue weighted by molar-refractivity contribution is 6.46. The highest BCUT2D eigenvalue weighted by atomic mass is 16.3. The van der Waals surface area contributed by atoms with Crippen LogP contribution in [0.2, 0.25) is 0 Å². The molecule has 0 bridgehead atoms.